The van der Waals surface area contributed by atoms with Crippen LogP contribution < -0.4 is 4.89 Å². The molecule has 2 unspecified atom stereocenters. The Morgan fingerprint density at radius 2 is 0.892 bits per heavy atom. The lowest BCUT2D eigenvalue weighted by atomic mass is 10.0. The number of hydrogen-bond donors (Lipinski definition) is 0. The first-order valence-electron chi connectivity index (χ1n) is 26.7. The number of unbranched alkanes of at least 4 members (excludes halogenated alkanes) is 23. The van der Waals surface area contributed by atoms with Gasteiger partial charge in [0, 0.05) is 13.0 Å². The van der Waals surface area contributed by atoms with Crippen molar-refractivity contribution in [2.45, 2.75) is 225 Å². The van der Waals surface area contributed by atoms with E-state index in [4.69, 9.17) is 18.5 Å². The van der Waals surface area contributed by atoms with Crippen LogP contribution in [0.4, 0.5) is 0 Å². The minimum atomic E-state index is -4.54. The highest BCUT2D eigenvalue weighted by Crippen LogP contribution is 2.38. The molecule has 378 valence electrons. The molecule has 0 aromatic heterocycles. The van der Waals surface area contributed by atoms with Crippen molar-refractivity contribution in [3.05, 3.63) is 72.9 Å². The number of nitrogens with zero attached hydrogens (tertiary/aromatic N) is 1. The Morgan fingerprint density at radius 1 is 0.492 bits per heavy atom. The maximum atomic E-state index is 12.8. The Balaban J connectivity index is 4.17. The molecule has 0 aromatic rings. The summed E-state index contributed by atoms with van der Waals surface area (Å²) in [4.78, 5) is 25.2. The molecule has 0 N–H and O–H groups in total. The number of esters is 1. The number of phosphoric ester groups is 1. The highest BCUT2D eigenvalue weighted by Gasteiger charge is 2.20. The van der Waals surface area contributed by atoms with Crippen LogP contribution in [-0.4, -0.2) is 70.7 Å². The van der Waals surface area contributed by atoms with Gasteiger partial charge in [0.15, 0.2) is 0 Å². The Morgan fingerprint density at radius 3 is 1.34 bits per heavy atom. The van der Waals surface area contributed by atoms with Gasteiger partial charge in [-0.3, -0.25) is 9.36 Å². The lowest BCUT2D eigenvalue weighted by molar-refractivity contribution is -0.870. The van der Waals surface area contributed by atoms with Gasteiger partial charge >= 0.3 is 5.97 Å². The number of phosphoric acid groups is 1. The van der Waals surface area contributed by atoms with E-state index in [-0.39, 0.29) is 25.8 Å². The molecule has 8 nitrogen and oxygen atoms in total. The van der Waals surface area contributed by atoms with Crippen molar-refractivity contribution in [1.82, 2.24) is 0 Å². The van der Waals surface area contributed by atoms with Gasteiger partial charge in [0.05, 0.1) is 34.4 Å². The van der Waals surface area contributed by atoms with E-state index in [2.05, 4.69) is 86.8 Å². The SMILES string of the molecule is CC/C=C\C/C=C\C/C=C\C/C=C\C/C=C\C/C=C\CCCCCCCCC(=O)OC(COCCCCCCCCCCCCCCCCCCCC)COP(=O)([O-])OCC[N+](C)(C)C. The Labute approximate surface area is 402 Å². The van der Waals surface area contributed by atoms with Crippen molar-refractivity contribution in [1.29, 1.82) is 0 Å². The van der Waals surface area contributed by atoms with Gasteiger partial charge in [0.1, 0.15) is 19.3 Å². The molecule has 0 rings (SSSR count). The second kappa shape index (κ2) is 48.4. The van der Waals surface area contributed by atoms with Crippen molar-refractivity contribution >= 4 is 13.8 Å². The standard InChI is InChI=1S/C56H102NO7P/c1-6-8-10-12-14-16-18-20-22-24-26-27-28-29-30-31-32-33-35-37-39-41-43-45-47-49-56(58)64-55(54-63-65(59,60)62-52-50-57(3,4)5)53-61-51-48-46-44-42-40-38-36-34-25-23-21-19-17-15-13-11-9-7-2/h8,10,14,16,20,22,26-27,29-30,32-33,55H,6-7,9,11-13,15,17-19,21,23-25,28,31,34-54H2,1-5H3/b10-8-,16-14-,22-20-,27-26-,30-29-,33-32-. The zero-order valence-corrected chi connectivity index (χ0v) is 43.8. The quantitative estimate of drug-likeness (QED) is 0.0197. The number of carbonyl (C=O) groups excluding carboxylic acids is 1. The van der Waals surface area contributed by atoms with E-state index in [1.54, 1.807) is 0 Å². The number of allylic oxidation sites excluding steroid dienone is 12. The molecule has 0 saturated carbocycles. The first-order chi connectivity index (χ1) is 31.6. The Hall–Kier alpha value is -2.06. The number of likely N-dealkylation sites (N-methyl/N-ethyl adjacent to an activating group) is 1. The summed E-state index contributed by atoms with van der Waals surface area (Å²) in [5.74, 6) is -0.348. The first kappa shape index (κ1) is 62.9. The molecule has 0 aliphatic heterocycles. The van der Waals surface area contributed by atoms with Crippen LogP contribution in [0.2, 0.25) is 0 Å². The van der Waals surface area contributed by atoms with Gasteiger partial charge in [0.2, 0.25) is 0 Å². The molecule has 0 aromatic carbocycles. The van der Waals surface area contributed by atoms with E-state index in [1.165, 1.54) is 116 Å². The fraction of sp³-hybridized carbons (Fsp3) is 0.768. The van der Waals surface area contributed by atoms with Crippen molar-refractivity contribution in [3.63, 3.8) is 0 Å². The van der Waals surface area contributed by atoms with Gasteiger partial charge in [-0.2, -0.15) is 0 Å². The fourth-order valence-electron chi connectivity index (χ4n) is 7.20. The fourth-order valence-corrected chi connectivity index (χ4v) is 7.93. The normalized spacial score (nSPS) is 14.1. The molecule has 0 fully saturated rings. The second-order valence-electron chi connectivity index (χ2n) is 18.9. The van der Waals surface area contributed by atoms with Crippen molar-refractivity contribution in [2.24, 2.45) is 0 Å². The minimum absolute atomic E-state index is 0.0209. The molecule has 0 saturated heterocycles. The molecule has 0 aliphatic rings. The van der Waals surface area contributed by atoms with Gasteiger partial charge < -0.3 is 27.9 Å². The molecule has 0 bridgehead atoms. The predicted molar refractivity (Wildman–Crippen MR) is 277 cm³/mol. The Kier molecular flexibility index (Phi) is 46.9. The van der Waals surface area contributed by atoms with Crippen molar-refractivity contribution in [2.75, 3.05) is 54.1 Å². The van der Waals surface area contributed by atoms with Crippen LogP contribution >= 0.6 is 7.82 Å². The van der Waals surface area contributed by atoms with Crippen LogP contribution in [0.3, 0.4) is 0 Å². The lowest BCUT2D eigenvalue weighted by Crippen LogP contribution is -2.37. The Bertz CT molecular complexity index is 1270. The van der Waals surface area contributed by atoms with Crippen molar-refractivity contribution < 1.29 is 37.3 Å². The third-order valence-electron chi connectivity index (χ3n) is 11.3. The first-order valence-corrected chi connectivity index (χ1v) is 28.1. The average molecular weight is 932 g/mol. The van der Waals surface area contributed by atoms with E-state index in [0.717, 1.165) is 83.5 Å². The van der Waals surface area contributed by atoms with E-state index >= 15 is 0 Å². The summed E-state index contributed by atoms with van der Waals surface area (Å²) < 4.78 is 34.8. The third-order valence-corrected chi connectivity index (χ3v) is 12.2. The highest BCUT2D eigenvalue weighted by atomic mass is 31.2. The molecule has 0 spiro atoms. The molecular weight excluding hydrogens is 830 g/mol. The highest BCUT2D eigenvalue weighted by molar-refractivity contribution is 7.45. The zero-order valence-electron chi connectivity index (χ0n) is 42.9. The predicted octanol–water partition coefficient (Wildman–Crippen LogP) is 16.0. The molecular formula is C56H102NO7P. The smallest absolute Gasteiger partial charge is 0.306 e. The number of ether oxygens (including phenoxy) is 2. The maximum absolute atomic E-state index is 12.8. The maximum Gasteiger partial charge on any atom is 0.306 e. The monoisotopic (exact) mass is 932 g/mol. The number of rotatable bonds is 49. The topological polar surface area (TPSA) is 94.1 Å². The zero-order chi connectivity index (χ0) is 47.6. The summed E-state index contributed by atoms with van der Waals surface area (Å²) in [5, 5.41) is 0. The molecule has 0 aliphatic carbocycles. The van der Waals surface area contributed by atoms with Crippen LogP contribution in [0.25, 0.3) is 0 Å². The molecule has 9 heteroatoms. The van der Waals surface area contributed by atoms with Crippen LogP contribution in [0.5, 0.6) is 0 Å². The summed E-state index contributed by atoms with van der Waals surface area (Å²) in [6.07, 6.45) is 63.5. The second-order valence-corrected chi connectivity index (χ2v) is 20.3. The van der Waals surface area contributed by atoms with Crippen molar-refractivity contribution in [3.8, 4) is 0 Å². The molecule has 2 atom stereocenters. The number of carbonyl (C=O) groups is 1. The molecule has 0 radical (unpaired) electrons. The average Bonchev–Trinajstić information content (AvgIpc) is 3.27. The minimum Gasteiger partial charge on any atom is -0.756 e. The molecule has 65 heavy (non-hydrogen) atoms. The summed E-state index contributed by atoms with van der Waals surface area (Å²) in [5.41, 5.74) is 0. The van der Waals surface area contributed by atoms with Gasteiger partial charge in [0.25, 0.3) is 7.82 Å². The van der Waals surface area contributed by atoms with Gasteiger partial charge in [-0.1, -0.05) is 222 Å². The molecule has 0 heterocycles. The largest absolute Gasteiger partial charge is 0.756 e. The van der Waals surface area contributed by atoms with Gasteiger partial charge in [-0.25, -0.2) is 0 Å². The summed E-state index contributed by atoms with van der Waals surface area (Å²) in [7, 11) is 1.34. The number of quaternary nitrogens is 1. The van der Waals surface area contributed by atoms with Gasteiger partial charge in [-0.15, -0.1) is 0 Å². The summed E-state index contributed by atoms with van der Waals surface area (Å²) >= 11 is 0. The van der Waals surface area contributed by atoms with Crippen LogP contribution in [0.15, 0.2) is 72.9 Å². The van der Waals surface area contributed by atoms with Crippen LogP contribution in [0.1, 0.15) is 219 Å². The van der Waals surface area contributed by atoms with E-state index in [9.17, 15) is 14.3 Å². The lowest BCUT2D eigenvalue weighted by Gasteiger charge is -2.28. The van der Waals surface area contributed by atoms with Crippen LogP contribution in [-0.2, 0) is 27.9 Å². The number of hydrogen-bond acceptors (Lipinski definition) is 7. The third kappa shape index (κ3) is 52.8. The molecule has 0 amide bonds. The van der Waals surface area contributed by atoms with E-state index < -0.39 is 13.9 Å². The summed E-state index contributed by atoms with van der Waals surface area (Å²) in [6, 6.07) is 0. The summed E-state index contributed by atoms with van der Waals surface area (Å²) in [6.45, 7) is 5.30. The van der Waals surface area contributed by atoms with E-state index in [0.29, 0.717) is 24.1 Å². The van der Waals surface area contributed by atoms with Crippen LogP contribution in [0, 0.1) is 0 Å². The van der Waals surface area contributed by atoms with Gasteiger partial charge in [-0.05, 0) is 64.2 Å². The van der Waals surface area contributed by atoms with E-state index in [1.807, 2.05) is 21.1 Å².